The van der Waals surface area contributed by atoms with Gasteiger partial charge in [-0.15, -0.1) is 0 Å². The number of Topliss-reactive ketones (excluding diaryl/α,β-unsaturated/α-hetero) is 1. The topological polar surface area (TPSA) is 52.6 Å². The number of esters is 1. The van der Waals surface area contributed by atoms with Crippen molar-refractivity contribution in [1.29, 1.82) is 0 Å². The number of ketones is 1. The molecule has 5 heteroatoms. The first-order valence-corrected chi connectivity index (χ1v) is 6.69. The van der Waals surface area contributed by atoms with Gasteiger partial charge in [-0.25, -0.2) is 9.18 Å². The van der Waals surface area contributed by atoms with Crippen LogP contribution in [0.2, 0.25) is 0 Å². The molecule has 0 bridgehead atoms. The fourth-order valence-corrected chi connectivity index (χ4v) is 1.76. The summed E-state index contributed by atoms with van der Waals surface area (Å²) in [6.45, 7) is 0.986. The van der Waals surface area contributed by atoms with Crippen molar-refractivity contribution in [3.63, 3.8) is 0 Å². The largest absolute Gasteiger partial charge is 0.482 e. The van der Waals surface area contributed by atoms with Gasteiger partial charge in [0.05, 0.1) is 0 Å². The van der Waals surface area contributed by atoms with Crippen LogP contribution in [0.1, 0.15) is 22.8 Å². The third-order valence-electron chi connectivity index (χ3n) is 2.94. The summed E-state index contributed by atoms with van der Waals surface area (Å²) in [5.74, 6) is -0.732. The molecule has 22 heavy (non-hydrogen) atoms. The lowest BCUT2D eigenvalue weighted by Gasteiger charge is -2.08. The predicted octanol–water partition coefficient (Wildman–Crippen LogP) is 3.15. The summed E-state index contributed by atoms with van der Waals surface area (Å²) in [4.78, 5) is 22.8. The maximum Gasteiger partial charge on any atom is 0.344 e. The van der Waals surface area contributed by atoms with E-state index >= 15 is 0 Å². The van der Waals surface area contributed by atoms with Crippen molar-refractivity contribution in [2.45, 2.75) is 13.5 Å². The van der Waals surface area contributed by atoms with Gasteiger partial charge in [0, 0.05) is 11.1 Å². The molecule has 0 amide bonds. The maximum atomic E-state index is 13.4. The first-order valence-electron chi connectivity index (χ1n) is 6.69. The van der Waals surface area contributed by atoms with E-state index in [1.807, 2.05) is 0 Å². The van der Waals surface area contributed by atoms with Gasteiger partial charge in [0.15, 0.2) is 12.4 Å². The summed E-state index contributed by atoms with van der Waals surface area (Å²) >= 11 is 0. The van der Waals surface area contributed by atoms with Gasteiger partial charge in [-0.1, -0.05) is 30.3 Å². The molecule has 0 spiro atoms. The third-order valence-corrected chi connectivity index (χ3v) is 2.94. The number of halogens is 1. The fraction of sp³-hybridized carbons (Fsp3) is 0.176. The zero-order chi connectivity index (χ0) is 15.9. The molecule has 4 nitrogen and oxygen atoms in total. The summed E-state index contributed by atoms with van der Waals surface area (Å²) < 4.78 is 23.6. The van der Waals surface area contributed by atoms with E-state index < -0.39 is 11.8 Å². The standard InChI is InChI=1S/C17H15FO4/c1-12(19)13-6-4-7-15(9-13)21-11-17(20)22-10-14-5-2-3-8-16(14)18/h2-9H,10-11H2,1H3. The molecule has 0 radical (unpaired) electrons. The molecule has 2 aromatic carbocycles. The van der Waals surface area contributed by atoms with Crippen LogP contribution in [0, 0.1) is 5.82 Å². The molecule has 114 valence electrons. The van der Waals surface area contributed by atoms with E-state index in [-0.39, 0.29) is 19.0 Å². The minimum atomic E-state index is -0.614. The Hall–Kier alpha value is -2.69. The Morgan fingerprint density at radius 3 is 2.59 bits per heavy atom. The van der Waals surface area contributed by atoms with Crippen molar-refractivity contribution in [3.8, 4) is 5.75 Å². The second-order valence-electron chi connectivity index (χ2n) is 4.62. The zero-order valence-electron chi connectivity index (χ0n) is 12.0. The molecule has 0 aliphatic carbocycles. The van der Waals surface area contributed by atoms with Crippen molar-refractivity contribution >= 4 is 11.8 Å². The van der Waals surface area contributed by atoms with Gasteiger partial charge >= 0.3 is 5.97 Å². The lowest BCUT2D eigenvalue weighted by Crippen LogP contribution is -2.15. The minimum absolute atomic E-state index is 0.0902. The number of benzene rings is 2. The average Bonchev–Trinajstić information content (AvgIpc) is 2.52. The molecule has 2 rings (SSSR count). The summed E-state index contributed by atoms with van der Waals surface area (Å²) in [6, 6.07) is 12.6. The molecular formula is C17H15FO4. The number of hydrogen-bond donors (Lipinski definition) is 0. The molecular weight excluding hydrogens is 287 g/mol. The van der Waals surface area contributed by atoms with Crippen molar-refractivity contribution in [1.82, 2.24) is 0 Å². The molecule has 0 fully saturated rings. The molecule has 0 saturated carbocycles. The van der Waals surface area contributed by atoms with E-state index in [4.69, 9.17) is 9.47 Å². The van der Waals surface area contributed by atoms with Crippen LogP contribution in [0.4, 0.5) is 4.39 Å². The average molecular weight is 302 g/mol. The second kappa shape index (κ2) is 7.36. The first-order chi connectivity index (χ1) is 10.6. The maximum absolute atomic E-state index is 13.4. The van der Waals surface area contributed by atoms with Crippen LogP contribution < -0.4 is 4.74 Å². The Balaban J connectivity index is 1.84. The predicted molar refractivity (Wildman–Crippen MR) is 78.1 cm³/mol. The van der Waals surface area contributed by atoms with Crippen molar-refractivity contribution in [3.05, 3.63) is 65.5 Å². The lowest BCUT2D eigenvalue weighted by molar-refractivity contribution is -0.147. The van der Waals surface area contributed by atoms with Crippen LogP contribution in [0.15, 0.2) is 48.5 Å². The van der Waals surface area contributed by atoms with E-state index in [1.54, 1.807) is 42.5 Å². The highest BCUT2D eigenvalue weighted by molar-refractivity contribution is 5.94. The van der Waals surface area contributed by atoms with Crippen LogP contribution in [0.5, 0.6) is 5.75 Å². The first kappa shape index (κ1) is 15.7. The van der Waals surface area contributed by atoms with E-state index in [2.05, 4.69) is 0 Å². The van der Waals surface area contributed by atoms with Crippen LogP contribution in [-0.4, -0.2) is 18.4 Å². The Labute approximate surface area is 127 Å². The summed E-state index contributed by atoms with van der Waals surface area (Å²) in [6.07, 6.45) is 0. The van der Waals surface area contributed by atoms with Gasteiger partial charge in [-0.05, 0) is 25.1 Å². The van der Waals surface area contributed by atoms with Crippen LogP contribution in [0.25, 0.3) is 0 Å². The fourth-order valence-electron chi connectivity index (χ4n) is 1.76. The highest BCUT2D eigenvalue weighted by Crippen LogP contribution is 2.14. The SMILES string of the molecule is CC(=O)c1cccc(OCC(=O)OCc2ccccc2F)c1. The zero-order valence-corrected chi connectivity index (χ0v) is 12.0. The monoisotopic (exact) mass is 302 g/mol. The van der Waals surface area contributed by atoms with Gasteiger partial charge in [0.25, 0.3) is 0 Å². The van der Waals surface area contributed by atoms with Gasteiger partial charge in [-0.3, -0.25) is 4.79 Å². The Morgan fingerprint density at radius 2 is 1.86 bits per heavy atom. The van der Waals surface area contributed by atoms with Gasteiger partial charge in [-0.2, -0.15) is 0 Å². The van der Waals surface area contributed by atoms with E-state index in [0.717, 1.165) is 0 Å². The molecule has 0 heterocycles. The smallest absolute Gasteiger partial charge is 0.344 e. The van der Waals surface area contributed by atoms with E-state index in [0.29, 0.717) is 16.9 Å². The van der Waals surface area contributed by atoms with Gasteiger partial charge < -0.3 is 9.47 Å². The van der Waals surface area contributed by atoms with Gasteiger partial charge in [0.2, 0.25) is 0 Å². The van der Waals surface area contributed by atoms with Crippen molar-refractivity contribution < 1.29 is 23.5 Å². The molecule has 0 atom stereocenters. The van der Waals surface area contributed by atoms with Crippen molar-refractivity contribution in [2.24, 2.45) is 0 Å². The highest BCUT2D eigenvalue weighted by Gasteiger charge is 2.08. The van der Waals surface area contributed by atoms with E-state index in [9.17, 15) is 14.0 Å². The molecule has 2 aromatic rings. The Bertz CT molecular complexity index is 682. The minimum Gasteiger partial charge on any atom is -0.482 e. The number of rotatable bonds is 6. The number of carbonyl (C=O) groups is 2. The molecule has 0 N–H and O–H groups in total. The Morgan fingerprint density at radius 1 is 1.09 bits per heavy atom. The molecule has 0 saturated heterocycles. The summed E-state index contributed by atoms with van der Waals surface area (Å²) in [5.41, 5.74) is 0.798. The number of hydrogen-bond acceptors (Lipinski definition) is 4. The molecule has 0 aromatic heterocycles. The second-order valence-corrected chi connectivity index (χ2v) is 4.62. The molecule has 0 aliphatic heterocycles. The molecule has 0 aliphatic rings. The normalized spacial score (nSPS) is 10.1. The molecule has 0 unspecified atom stereocenters. The number of ether oxygens (including phenoxy) is 2. The van der Waals surface area contributed by atoms with Crippen LogP contribution >= 0.6 is 0 Å². The summed E-state index contributed by atoms with van der Waals surface area (Å²) in [7, 11) is 0. The van der Waals surface area contributed by atoms with Gasteiger partial charge in [0.1, 0.15) is 18.2 Å². The highest BCUT2D eigenvalue weighted by atomic mass is 19.1. The van der Waals surface area contributed by atoms with E-state index in [1.165, 1.54) is 13.0 Å². The lowest BCUT2D eigenvalue weighted by atomic mass is 10.1. The number of carbonyl (C=O) groups excluding carboxylic acids is 2. The third kappa shape index (κ3) is 4.41. The summed E-state index contributed by atoms with van der Waals surface area (Å²) in [5, 5.41) is 0. The van der Waals surface area contributed by atoms with Crippen LogP contribution in [0.3, 0.4) is 0 Å². The van der Waals surface area contributed by atoms with Crippen LogP contribution in [-0.2, 0) is 16.1 Å². The Kier molecular flexibility index (Phi) is 5.25. The quantitative estimate of drug-likeness (QED) is 0.607. The van der Waals surface area contributed by atoms with Crippen molar-refractivity contribution in [2.75, 3.05) is 6.61 Å².